The highest BCUT2D eigenvalue weighted by molar-refractivity contribution is 7.99. The Bertz CT molecular complexity index is 382. The molecule has 0 aliphatic heterocycles. The van der Waals surface area contributed by atoms with Crippen molar-refractivity contribution in [2.24, 2.45) is 5.73 Å². The molecule has 0 heterocycles. The van der Waals surface area contributed by atoms with Gasteiger partial charge in [0.2, 0.25) is 5.91 Å². The van der Waals surface area contributed by atoms with E-state index in [-0.39, 0.29) is 5.91 Å². The number of amides is 1. The Kier molecular flexibility index (Phi) is 5.69. The lowest BCUT2D eigenvalue weighted by atomic mass is 10.1. The average Bonchev–Trinajstić information content (AvgIpc) is 2.30. The van der Waals surface area contributed by atoms with Gasteiger partial charge in [-0.05, 0) is 43.7 Å². The molecular formula is C14H22N2OS. The van der Waals surface area contributed by atoms with Crippen LogP contribution in [0.4, 0.5) is 0 Å². The van der Waals surface area contributed by atoms with E-state index in [1.165, 1.54) is 10.5 Å². The molecule has 0 saturated heterocycles. The zero-order valence-corrected chi connectivity index (χ0v) is 12.1. The van der Waals surface area contributed by atoms with Crippen molar-refractivity contribution in [2.75, 3.05) is 12.3 Å². The second-order valence-corrected chi connectivity index (χ2v) is 6.14. The number of nitrogens with two attached hydrogens (primary N) is 1. The van der Waals surface area contributed by atoms with Crippen LogP contribution in [0.25, 0.3) is 0 Å². The highest BCUT2D eigenvalue weighted by Gasteiger charge is 2.20. The van der Waals surface area contributed by atoms with Gasteiger partial charge in [0.15, 0.2) is 0 Å². The molecule has 1 rings (SSSR count). The number of carbonyl (C=O) groups is 1. The van der Waals surface area contributed by atoms with E-state index in [1.54, 1.807) is 13.8 Å². The number of carbonyl (C=O) groups excluding carboxylic acids is 1. The van der Waals surface area contributed by atoms with Gasteiger partial charge in [-0.3, -0.25) is 4.79 Å². The number of benzene rings is 1. The highest BCUT2D eigenvalue weighted by atomic mass is 32.2. The van der Waals surface area contributed by atoms with Crippen molar-refractivity contribution in [3.05, 3.63) is 29.8 Å². The second-order valence-electron chi connectivity index (χ2n) is 4.80. The van der Waals surface area contributed by atoms with Crippen LogP contribution in [0.1, 0.15) is 26.3 Å². The van der Waals surface area contributed by atoms with Gasteiger partial charge in [-0.2, -0.15) is 0 Å². The predicted octanol–water partition coefficient (Wildman–Crippen LogP) is 2.19. The second kappa shape index (κ2) is 6.81. The van der Waals surface area contributed by atoms with Crippen LogP contribution in [0, 0.1) is 0 Å². The van der Waals surface area contributed by atoms with Crippen molar-refractivity contribution in [1.29, 1.82) is 0 Å². The van der Waals surface area contributed by atoms with Crippen LogP contribution in [0.5, 0.6) is 0 Å². The summed E-state index contributed by atoms with van der Waals surface area (Å²) in [6.45, 7) is 6.18. The quantitative estimate of drug-likeness (QED) is 0.776. The number of thioether (sulfide) groups is 1. The Morgan fingerprint density at radius 3 is 2.44 bits per heavy atom. The van der Waals surface area contributed by atoms with Gasteiger partial charge in [-0.15, -0.1) is 11.8 Å². The fraction of sp³-hybridized carbons (Fsp3) is 0.500. The number of hydrogen-bond acceptors (Lipinski definition) is 3. The smallest absolute Gasteiger partial charge is 0.239 e. The molecular weight excluding hydrogens is 244 g/mol. The standard InChI is InChI=1S/C14H22N2OS/c1-4-18-12-7-5-11(6-8-12)9-10-16-13(17)14(2,3)15/h5-8H,4,9-10,15H2,1-3H3,(H,16,17). The fourth-order valence-electron chi connectivity index (χ4n) is 1.47. The molecule has 0 bridgehead atoms. The molecule has 0 aliphatic carbocycles. The van der Waals surface area contributed by atoms with E-state index in [1.807, 2.05) is 11.8 Å². The maximum absolute atomic E-state index is 11.6. The van der Waals surface area contributed by atoms with Crippen LogP contribution in [0.3, 0.4) is 0 Å². The van der Waals surface area contributed by atoms with Crippen molar-refractivity contribution in [2.45, 2.75) is 37.6 Å². The van der Waals surface area contributed by atoms with E-state index < -0.39 is 5.54 Å². The first-order valence-electron chi connectivity index (χ1n) is 6.22. The zero-order chi connectivity index (χ0) is 13.6. The molecule has 3 N–H and O–H groups in total. The summed E-state index contributed by atoms with van der Waals surface area (Å²) in [6, 6.07) is 8.46. The molecule has 1 aromatic carbocycles. The van der Waals surface area contributed by atoms with Gasteiger partial charge in [0.25, 0.3) is 0 Å². The summed E-state index contributed by atoms with van der Waals surface area (Å²) in [6.07, 6.45) is 0.832. The lowest BCUT2D eigenvalue weighted by Crippen LogP contribution is -2.49. The summed E-state index contributed by atoms with van der Waals surface area (Å²) < 4.78 is 0. The van der Waals surface area contributed by atoms with Crippen molar-refractivity contribution in [3.63, 3.8) is 0 Å². The van der Waals surface area contributed by atoms with Crippen molar-refractivity contribution in [3.8, 4) is 0 Å². The largest absolute Gasteiger partial charge is 0.354 e. The van der Waals surface area contributed by atoms with E-state index in [2.05, 4.69) is 36.5 Å². The summed E-state index contributed by atoms with van der Waals surface area (Å²) in [7, 11) is 0. The summed E-state index contributed by atoms with van der Waals surface area (Å²) in [5.74, 6) is 0.974. The van der Waals surface area contributed by atoms with Gasteiger partial charge < -0.3 is 11.1 Å². The minimum atomic E-state index is -0.804. The third-order valence-corrected chi connectivity index (χ3v) is 3.41. The molecule has 0 fully saturated rings. The van der Waals surface area contributed by atoms with Gasteiger partial charge in [-0.25, -0.2) is 0 Å². The number of hydrogen-bond donors (Lipinski definition) is 2. The Labute approximate surface area is 114 Å². The topological polar surface area (TPSA) is 55.1 Å². The summed E-state index contributed by atoms with van der Waals surface area (Å²) in [4.78, 5) is 12.8. The monoisotopic (exact) mass is 266 g/mol. The summed E-state index contributed by atoms with van der Waals surface area (Å²) in [5.41, 5.74) is 6.12. The van der Waals surface area contributed by atoms with E-state index in [9.17, 15) is 4.79 Å². The Balaban J connectivity index is 2.38. The van der Waals surface area contributed by atoms with Gasteiger partial charge in [0.1, 0.15) is 0 Å². The molecule has 4 heteroatoms. The van der Waals surface area contributed by atoms with Crippen LogP contribution in [-0.4, -0.2) is 23.7 Å². The van der Waals surface area contributed by atoms with Crippen LogP contribution in [-0.2, 0) is 11.2 Å². The first-order valence-corrected chi connectivity index (χ1v) is 7.21. The van der Waals surface area contributed by atoms with Gasteiger partial charge in [0.05, 0.1) is 5.54 Å². The molecule has 3 nitrogen and oxygen atoms in total. The van der Waals surface area contributed by atoms with E-state index in [0.29, 0.717) is 6.54 Å². The lowest BCUT2D eigenvalue weighted by Gasteiger charge is -2.17. The van der Waals surface area contributed by atoms with E-state index >= 15 is 0 Å². The third-order valence-electron chi connectivity index (χ3n) is 2.52. The van der Waals surface area contributed by atoms with Gasteiger partial charge in [0, 0.05) is 11.4 Å². The van der Waals surface area contributed by atoms with Crippen LogP contribution in [0.15, 0.2) is 29.2 Å². The first kappa shape index (κ1) is 15.1. The molecule has 0 saturated carbocycles. The maximum atomic E-state index is 11.6. The number of rotatable bonds is 6. The third kappa shape index (κ3) is 5.10. The zero-order valence-electron chi connectivity index (χ0n) is 11.3. The van der Waals surface area contributed by atoms with Gasteiger partial charge >= 0.3 is 0 Å². The molecule has 18 heavy (non-hydrogen) atoms. The molecule has 0 aromatic heterocycles. The molecule has 0 radical (unpaired) electrons. The molecule has 0 unspecified atom stereocenters. The average molecular weight is 266 g/mol. The molecule has 0 aliphatic rings. The van der Waals surface area contributed by atoms with Crippen molar-refractivity contribution in [1.82, 2.24) is 5.32 Å². The highest BCUT2D eigenvalue weighted by Crippen LogP contribution is 2.17. The van der Waals surface area contributed by atoms with Crippen molar-refractivity contribution >= 4 is 17.7 Å². The summed E-state index contributed by atoms with van der Waals surface area (Å²) in [5, 5.41) is 2.84. The molecule has 1 amide bonds. The molecule has 0 spiro atoms. The number of nitrogens with one attached hydrogen (secondary N) is 1. The molecule has 1 aromatic rings. The minimum Gasteiger partial charge on any atom is -0.354 e. The maximum Gasteiger partial charge on any atom is 0.239 e. The van der Waals surface area contributed by atoms with E-state index in [0.717, 1.165) is 12.2 Å². The van der Waals surface area contributed by atoms with Gasteiger partial charge in [-0.1, -0.05) is 19.1 Å². The molecule has 100 valence electrons. The first-order chi connectivity index (χ1) is 8.43. The summed E-state index contributed by atoms with van der Waals surface area (Å²) >= 11 is 1.83. The lowest BCUT2D eigenvalue weighted by molar-refractivity contribution is -0.125. The fourth-order valence-corrected chi connectivity index (χ4v) is 2.13. The van der Waals surface area contributed by atoms with E-state index in [4.69, 9.17) is 5.73 Å². The van der Waals surface area contributed by atoms with Crippen LogP contribution >= 0.6 is 11.8 Å². The Morgan fingerprint density at radius 1 is 1.33 bits per heavy atom. The van der Waals surface area contributed by atoms with Crippen molar-refractivity contribution < 1.29 is 4.79 Å². The van der Waals surface area contributed by atoms with Crippen LogP contribution < -0.4 is 11.1 Å². The minimum absolute atomic E-state index is 0.111. The predicted molar refractivity (Wildman–Crippen MR) is 77.8 cm³/mol. The Hall–Kier alpha value is -1.00. The SMILES string of the molecule is CCSc1ccc(CCNC(=O)C(C)(C)N)cc1. The normalized spacial score (nSPS) is 11.3. The van der Waals surface area contributed by atoms with Crippen LogP contribution in [0.2, 0.25) is 0 Å². The Morgan fingerprint density at radius 2 is 1.94 bits per heavy atom. The molecule has 0 atom stereocenters.